The number of carbonyl (C=O) groups is 4. The van der Waals surface area contributed by atoms with Crippen LogP contribution in [0.1, 0.15) is 34.8 Å². The van der Waals surface area contributed by atoms with E-state index in [9.17, 15) is 32.7 Å². The quantitative estimate of drug-likeness (QED) is 0.136. The van der Waals surface area contributed by atoms with E-state index in [1.165, 1.54) is 41.5 Å². The van der Waals surface area contributed by atoms with Gasteiger partial charge in [0.15, 0.2) is 0 Å². The number of ether oxygens (including phenoxy) is 2. The van der Waals surface area contributed by atoms with Gasteiger partial charge in [-0.25, -0.2) is 0 Å². The van der Waals surface area contributed by atoms with Crippen LogP contribution >= 0.6 is 34.5 Å². The Morgan fingerprint density at radius 3 is 2.36 bits per heavy atom. The number of thiophene rings is 1. The highest BCUT2D eigenvalue weighted by Crippen LogP contribution is 2.65. The van der Waals surface area contributed by atoms with E-state index in [2.05, 4.69) is 10.2 Å². The standard InChI is InChI=1S/C39H30Cl2F3N3O7S/c1-53-21-7-4-19(5-8-21)38-28(35(50)47(37(38)52)45-30-12-6-20(40)15-29(30)41)17-26-24(33(38)27-16-22(9-13-31(27)48)54-39(42,43)44)10-11-25-32(26)36(51)46(34(25)49)18-23-3-2-14-55-23/h2-10,12-16,25-26,28,32-33,45,48H,11,17-18H2,1H3. The van der Waals surface area contributed by atoms with E-state index in [0.717, 1.165) is 28.1 Å². The van der Waals surface area contributed by atoms with Crippen LogP contribution in [0, 0.1) is 23.7 Å². The lowest BCUT2D eigenvalue weighted by Crippen LogP contribution is -2.53. The van der Waals surface area contributed by atoms with Crippen molar-refractivity contribution in [1.82, 2.24) is 9.91 Å². The van der Waals surface area contributed by atoms with E-state index in [0.29, 0.717) is 21.9 Å². The Morgan fingerprint density at radius 2 is 1.69 bits per heavy atom. The van der Waals surface area contributed by atoms with E-state index in [1.807, 2.05) is 17.5 Å². The minimum absolute atomic E-state index is 0.0572. The molecule has 0 bridgehead atoms. The van der Waals surface area contributed by atoms with Crippen molar-refractivity contribution in [3.05, 3.63) is 116 Å². The van der Waals surface area contributed by atoms with Gasteiger partial charge in [-0.3, -0.25) is 29.5 Å². The summed E-state index contributed by atoms with van der Waals surface area (Å²) in [6.45, 7) is 0.0572. The molecule has 0 radical (unpaired) electrons. The molecular weight excluding hydrogens is 782 g/mol. The predicted octanol–water partition coefficient (Wildman–Crippen LogP) is 7.85. The highest BCUT2D eigenvalue weighted by Gasteiger charge is 2.70. The molecule has 6 atom stereocenters. The molecule has 10 nitrogen and oxygen atoms in total. The summed E-state index contributed by atoms with van der Waals surface area (Å²) in [7, 11) is 1.45. The molecule has 4 amide bonds. The number of carbonyl (C=O) groups excluding carboxylic acids is 4. The van der Waals surface area contributed by atoms with Gasteiger partial charge in [0, 0.05) is 21.4 Å². The van der Waals surface area contributed by atoms with E-state index in [1.54, 1.807) is 30.3 Å². The molecular formula is C39H30Cl2F3N3O7S. The number of nitrogens with one attached hydrogen (secondary N) is 1. The molecule has 8 rings (SSSR count). The van der Waals surface area contributed by atoms with Crippen LogP contribution in [-0.4, -0.2) is 52.1 Å². The Balaban J connectivity index is 1.34. The molecule has 1 aromatic heterocycles. The fourth-order valence-corrected chi connectivity index (χ4v) is 10.1. The third kappa shape index (κ3) is 6.01. The Kier molecular flexibility index (Phi) is 9.13. The highest BCUT2D eigenvalue weighted by atomic mass is 35.5. The van der Waals surface area contributed by atoms with E-state index < -0.39 is 70.6 Å². The molecule has 4 aliphatic rings. The number of aromatic hydroxyl groups is 1. The Bertz CT molecular complexity index is 2270. The van der Waals surface area contributed by atoms with Gasteiger partial charge in [0.1, 0.15) is 17.2 Å². The molecule has 3 heterocycles. The van der Waals surface area contributed by atoms with Gasteiger partial charge in [-0.1, -0.05) is 53.1 Å². The van der Waals surface area contributed by atoms with Gasteiger partial charge >= 0.3 is 6.36 Å². The van der Waals surface area contributed by atoms with Gasteiger partial charge < -0.3 is 14.6 Å². The van der Waals surface area contributed by atoms with Crippen molar-refractivity contribution in [3.63, 3.8) is 0 Å². The normalized spacial score (nSPS) is 26.1. The Labute approximate surface area is 326 Å². The molecule has 2 aliphatic carbocycles. The van der Waals surface area contributed by atoms with Gasteiger partial charge in [0.25, 0.3) is 11.8 Å². The fraction of sp³-hybridized carbons (Fsp3) is 0.282. The maximum atomic E-state index is 15.4. The van der Waals surface area contributed by atoms with Gasteiger partial charge in [0.2, 0.25) is 11.8 Å². The number of methoxy groups -OCH3 is 1. The minimum atomic E-state index is -5.10. The molecule has 2 aliphatic heterocycles. The van der Waals surface area contributed by atoms with Crippen molar-refractivity contribution in [2.24, 2.45) is 23.7 Å². The van der Waals surface area contributed by atoms with Crippen LogP contribution in [0.4, 0.5) is 18.9 Å². The number of hydrogen-bond donors (Lipinski definition) is 2. The number of hydrogen-bond acceptors (Lipinski definition) is 9. The van der Waals surface area contributed by atoms with Crippen molar-refractivity contribution < 1.29 is 46.9 Å². The lowest BCUT2D eigenvalue weighted by Gasteiger charge is -2.50. The first-order valence-corrected chi connectivity index (χ1v) is 18.8. The van der Waals surface area contributed by atoms with Gasteiger partial charge in [-0.2, -0.15) is 5.01 Å². The van der Waals surface area contributed by atoms with Gasteiger partial charge in [-0.05, 0) is 84.3 Å². The number of allylic oxidation sites excluding steroid dienone is 2. The van der Waals surface area contributed by atoms with Crippen LogP contribution in [0.5, 0.6) is 17.2 Å². The number of fused-ring (bicyclic) bond motifs is 4. The summed E-state index contributed by atoms with van der Waals surface area (Å²) in [5, 5.41) is 14.6. The molecule has 0 spiro atoms. The average molecular weight is 813 g/mol. The lowest BCUT2D eigenvalue weighted by atomic mass is 9.49. The van der Waals surface area contributed by atoms with E-state index in [-0.39, 0.29) is 41.6 Å². The zero-order chi connectivity index (χ0) is 39.0. The first-order chi connectivity index (χ1) is 26.2. The van der Waals surface area contributed by atoms with Crippen molar-refractivity contribution in [1.29, 1.82) is 0 Å². The van der Waals surface area contributed by atoms with Crippen molar-refractivity contribution in [2.45, 2.75) is 37.1 Å². The molecule has 4 aromatic rings. The van der Waals surface area contributed by atoms with Crippen LogP contribution in [0.2, 0.25) is 10.0 Å². The summed E-state index contributed by atoms with van der Waals surface area (Å²) in [5.74, 6) is -8.21. The van der Waals surface area contributed by atoms with Crippen molar-refractivity contribution in [2.75, 3.05) is 12.5 Å². The molecule has 3 aromatic carbocycles. The maximum absolute atomic E-state index is 15.4. The Morgan fingerprint density at radius 1 is 0.945 bits per heavy atom. The smallest absolute Gasteiger partial charge is 0.508 e. The molecule has 3 fully saturated rings. The van der Waals surface area contributed by atoms with E-state index in [4.69, 9.17) is 27.9 Å². The second kappa shape index (κ2) is 13.6. The number of imide groups is 2. The summed E-state index contributed by atoms with van der Waals surface area (Å²) >= 11 is 14.0. The number of phenolic OH excluding ortho intramolecular Hbond substituents is 1. The summed E-state index contributed by atoms with van der Waals surface area (Å²) in [5.41, 5.74) is 1.68. The van der Waals surface area contributed by atoms with Crippen LogP contribution < -0.4 is 14.9 Å². The molecule has 55 heavy (non-hydrogen) atoms. The van der Waals surface area contributed by atoms with Gasteiger partial charge in [0.05, 0.1) is 47.5 Å². The number of nitrogens with zero attached hydrogens (tertiary/aromatic N) is 2. The summed E-state index contributed by atoms with van der Waals surface area (Å²) in [6.07, 6.45) is -3.38. The molecule has 2 N–H and O–H groups in total. The Hall–Kier alpha value is -5.05. The zero-order valence-electron chi connectivity index (χ0n) is 28.7. The summed E-state index contributed by atoms with van der Waals surface area (Å²) in [6, 6.07) is 17.4. The fourth-order valence-electron chi connectivity index (χ4n) is 8.93. The van der Waals surface area contributed by atoms with Crippen LogP contribution in [-0.2, 0) is 31.1 Å². The van der Waals surface area contributed by atoms with Crippen molar-refractivity contribution >= 4 is 63.9 Å². The van der Waals surface area contributed by atoms with Gasteiger partial charge in [-0.15, -0.1) is 24.5 Å². The number of likely N-dealkylation sites (tertiary alicyclic amines) is 1. The topological polar surface area (TPSA) is 125 Å². The number of rotatable bonds is 8. The number of amides is 4. The zero-order valence-corrected chi connectivity index (χ0v) is 31.0. The van der Waals surface area contributed by atoms with Crippen LogP contribution in [0.3, 0.4) is 0 Å². The second-order valence-corrected chi connectivity index (χ2v) is 15.7. The third-order valence-corrected chi connectivity index (χ3v) is 12.5. The number of phenols is 1. The lowest BCUT2D eigenvalue weighted by molar-refractivity contribution is -0.274. The predicted molar refractivity (Wildman–Crippen MR) is 195 cm³/mol. The number of anilines is 1. The summed E-state index contributed by atoms with van der Waals surface area (Å²) < 4.78 is 50.5. The van der Waals surface area contributed by atoms with Crippen LogP contribution in [0.15, 0.2) is 89.8 Å². The molecule has 1 saturated carbocycles. The first kappa shape index (κ1) is 36.9. The molecule has 16 heteroatoms. The monoisotopic (exact) mass is 811 g/mol. The maximum Gasteiger partial charge on any atom is 0.573 e. The van der Waals surface area contributed by atoms with Crippen LogP contribution in [0.25, 0.3) is 0 Å². The molecule has 2 saturated heterocycles. The number of halogens is 5. The largest absolute Gasteiger partial charge is 0.573 e. The molecule has 6 unspecified atom stereocenters. The van der Waals surface area contributed by atoms with E-state index >= 15 is 4.79 Å². The highest BCUT2D eigenvalue weighted by molar-refractivity contribution is 7.09. The third-order valence-electron chi connectivity index (χ3n) is 11.1. The average Bonchev–Trinajstić information content (AvgIpc) is 3.81. The minimum Gasteiger partial charge on any atom is -0.508 e. The number of benzene rings is 3. The SMILES string of the molecule is COc1ccc(C23C(=O)N(Nc4ccc(Cl)cc4Cl)C(=O)C2CC2C(=CCC4C(=O)N(Cc5cccs5)C(=O)C42)C3c2cc(OC(F)(F)F)ccc2O)cc1. The molecule has 284 valence electrons. The first-order valence-electron chi connectivity index (χ1n) is 17.1. The van der Waals surface area contributed by atoms with Crippen molar-refractivity contribution in [3.8, 4) is 17.2 Å². The number of alkyl halides is 3. The number of hydrazine groups is 1. The summed E-state index contributed by atoms with van der Waals surface area (Å²) in [4.78, 5) is 60.5. The second-order valence-electron chi connectivity index (χ2n) is 13.8.